The fraction of sp³-hybridized carbons (Fsp3) is 0.321. The minimum Gasteiger partial charge on any atom is -0.423 e. The van der Waals surface area contributed by atoms with Crippen molar-refractivity contribution in [2.45, 2.75) is 29.7 Å². The number of rotatable bonds is 9. The van der Waals surface area contributed by atoms with Crippen molar-refractivity contribution in [3.8, 4) is 5.75 Å². The molecule has 1 fully saturated rings. The quantitative estimate of drug-likeness (QED) is 0.253. The number of carbonyl (C=O) groups is 1. The number of hydrogen-bond acceptors (Lipinski definition) is 6. The predicted octanol–water partition coefficient (Wildman–Crippen LogP) is 4.34. The van der Waals surface area contributed by atoms with Crippen LogP contribution in [0.1, 0.15) is 27.9 Å². The molecule has 8 heteroatoms. The summed E-state index contributed by atoms with van der Waals surface area (Å²) in [7, 11) is -3.52. The molecule has 1 N–H and O–H groups in total. The van der Waals surface area contributed by atoms with Crippen LogP contribution < -0.4 is 4.74 Å². The van der Waals surface area contributed by atoms with Crippen LogP contribution in [0.4, 0.5) is 0 Å². The number of sulfone groups is 1. The summed E-state index contributed by atoms with van der Waals surface area (Å²) >= 11 is 5.77. The first-order valence-electron chi connectivity index (χ1n) is 12.0. The minimum atomic E-state index is -3.52. The van der Waals surface area contributed by atoms with Crippen LogP contribution >= 0.6 is 11.6 Å². The van der Waals surface area contributed by atoms with Gasteiger partial charge in [-0.15, -0.1) is 11.6 Å². The number of ether oxygens (including phenoxy) is 1. The smallest absolute Gasteiger partial charge is 0.343 e. The van der Waals surface area contributed by atoms with Crippen molar-refractivity contribution >= 4 is 27.4 Å². The van der Waals surface area contributed by atoms with E-state index in [1.54, 1.807) is 24.3 Å². The van der Waals surface area contributed by atoms with E-state index in [4.69, 9.17) is 16.3 Å². The molecule has 0 bridgehead atoms. The van der Waals surface area contributed by atoms with E-state index in [1.165, 1.54) is 29.8 Å². The van der Waals surface area contributed by atoms with Gasteiger partial charge in [-0.05, 0) is 72.8 Å². The highest BCUT2D eigenvalue weighted by Gasteiger charge is 2.28. The molecule has 0 saturated carbocycles. The highest BCUT2D eigenvalue weighted by molar-refractivity contribution is 7.91. The van der Waals surface area contributed by atoms with E-state index in [0.29, 0.717) is 24.5 Å². The number of halogens is 1. The van der Waals surface area contributed by atoms with Gasteiger partial charge < -0.3 is 9.84 Å². The summed E-state index contributed by atoms with van der Waals surface area (Å²) in [5.74, 6) is 0.228. The summed E-state index contributed by atoms with van der Waals surface area (Å²) in [6.07, 6.45) is 1.16. The average molecular weight is 528 g/mol. The van der Waals surface area contributed by atoms with Gasteiger partial charge in [0.1, 0.15) is 5.75 Å². The Morgan fingerprint density at radius 3 is 2.31 bits per heavy atom. The minimum absolute atomic E-state index is 0.0465. The Hall–Kier alpha value is -2.71. The number of aliphatic hydroxyl groups is 1. The molecule has 0 spiro atoms. The molecule has 0 aromatic heterocycles. The van der Waals surface area contributed by atoms with E-state index in [9.17, 15) is 18.3 Å². The van der Waals surface area contributed by atoms with Crippen molar-refractivity contribution in [2.75, 3.05) is 25.4 Å². The predicted molar refractivity (Wildman–Crippen MR) is 140 cm³/mol. The third kappa shape index (κ3) is 6.95. The maximum absolute atomic E-state index is 12.9. The molecular formula is C28H30ClNO5S. The fourth-order valence-corrected chi connectivity index (χ4v) is 5.84. The fourth-order valence-electron chi connectivity index (χ4n) is 4.38. The molecule has 3 aromatic carbocycles. The highest BCUT2D eigenvalue weighted by atomic mass is 35.5. The molecule has 4 rings (SSSR count). The van der Waals surface area contributed by atoms with Crippen LogP contribution in [0, 0.1) is 5.92 Å². The van der Waals surface area contributed by atoms with Crippen molar-refractivity contribution in [3.63, 3.8) is 0 Å². The largest absolute Gasteiger partial charge is 0.423 e. The Morgan fingerprint density at radius 1 is 0.972 bits per heavy atom. The van der Waals surface area contributed by atoms with Crippen LogP contribution in [-0.2, 0) is 22.1 Å². The lowest BCUT2D eigenvalue weighted by molar-refractivity contribution is 0.0245. The Bertz CT molecular complexity index is 1250. The summed E-state index contributed by atoms with van der Waals surface area (Å²) in [5.41, 5.74) is 2.49. The van der Waals surface area contributed by atoms with Gasteiger partial charge in [0.25, 0.3) is 0 Å². The summed E-state index contributed by atoms with van der Waals surface area (Å²) in [4.78, 5) is 14.5. The van der Waals surface area contributed by atoms with E-state index < -0.39 is 21.9 Å². The van der Waals surface area contributed by atoms with Crippen LogP contribution in [0.2, 0.25) is 0 Å². The molecule has 36 heavy (non-hydrogen) atoms. The Balaban J connectivity index is 1.28. The molecule has 1 aliphatic heterocycles. The Kier molecular flexibility index (Phi) is 8.80. The van der Waals surface area contributed by atoms with E-state index in [0.717, 1.165) is 24.9 Å². The highest BCUT2D eigenvalue weighted by Crippen LogP contribution is 2.23. The first-order chi connectivity index (χ1) is 17.3. The van der Waals surface area contributed by atoms with Gasteiger partial charge in [-0.2, -0.15) is 0 Å². The molecule has 1 saturated heterocycles. The number of β-amino-alcohol motifs (C(OH)–C–C–N with tert-alkyl or cyclic N) is 1. The van der Waals surface area contributed by atoms with Crippen molar-refractivity contribution in [1.29, 1.82) is 0 Å². The summed E-state index contributed by atoms with van der Waals surface area (Å²) in [5, 5.41) is 10.6. The van der Waals surface area contributed by atoms with Crippen molar-refractivity contribution in [1.82, 2.24) is 4.90 Å². The molecule has 0 radical (unpaired) electrons. The molecule has 0 unspecified atom stereocenters. The van der Waals surface area contributed by atoms with Gasteiger partial charge in [0.2, 0.25) is 0 Å². The lowest BCUT2D eigenvalue weighted by Crippen LogP contribution is -2.46. The second-order valence-corrected chi connectivity index (χ2v) is 11.5. The van der Waals surface area contributed by atoms with Crippen molar-refractivity contribution in [2.24, 2.45) is 5.92 Å². The monoisotopic (exact) mass is 527 g/mol. The first-order valence-corrected chi connectivity index (χ1v) is 14.2. The first kappa shape index (κ1) is 26.4. The van der Waals surface area contributed by atoms with Gasteiger partial charge in [-0.1, -0.05) is 42.5 Å². The van der Waals surface area contributed by atoms with Gasteiger partial charge in [-0.3, -0.25) is 4.90 Å². The lowest BCUT2D eigenvalue weighted by Gasteiger charge is -2.36. The zero-order valence-corrected chi connectivity index (χ0v) is 21.5. The van der Waals surface area contributed by atoms with Crippen LogP contribution in [-0.4, -0.2) is 55.9 Å². The average Bonchev–Trinajstić information content (AvgIpc) is 2.90. The van der Waals surface area contributed by atoms with Crippen LogP contribution in [0.3, 0.4) is 0 Å². The van der Waals surface area contributed by atoms with E-state index in [2.05, 4.69) is 12.1 Å². The summed E-state index contributed by atoms with van der Waals surface area (Å²) < 4.78 is 31.1. The molecule has 6 nitrogen and oxygen atoms in total. The third-order valence-corrected chi connectivity index (χ3v) is 8.58. The number of piperidine rings is 1. The molecule has 3 aromatic rings. The lowest BCUT2D eigenvalue weighted by atomic mass is 9.88. The number of hydrogen-bond donors (Lipinski definition) is 1. The number of aliphatic hydroxyl groups excluding tert-OH is 1. The van der Waals surface area contributed by atoms with Crippen molar-refractivity contribution < 1.29 is 23.1 Å². The Labute approximate surface area is 217 Å². The number of esters is 1. The number of likely N-dealkylation sites (tertiary alicyclic amines) is 1. The van der Waals surface area contributed by atoms with Crippen LogP contribution in [0.5, 0.6) is 5.75 Å². The van der Waals surface area contributed by atoms with E-state index >= 15 is 0 Å². The molecule has 0 aliphatic carbocycles. The number of alkyl halides is 1. The topological polar surface area (TPSA) is 83.9 Å². The van der Waals surface area contributed by atoms with Gasteiger partial charge in [-0.25, -0.2) is 13.2 Å². The standard InChI is InChI=1S/C28H30ClNO5S/c29-19-22-6-8-23(9-7-22)28(32)35-25-10-12-26(13-11-25)36(33,34)17-16-30-15-14-24(27(31)20-30)18-21-4-2-1-3-5-21/h1-13,24,27,31H,14-20H2/t24-,27-/m1/s1. The van der Waals surface area contributed by atoms with Crippen molar-refractivity contribution in [3.05, 3.63) is 95.6 Å². The van der Waals surface area contributed by atoms with Gasteiger partial charge in [0.15, 0.2) is 9.84 Å². The van der Waals surface area contributed by atoms with Gasteiger partial charge in [0, 0.05) is 19.0 Å². The summed E-state index contributed by atoms with van der Waals surface area (Å²) in [6, 6.07) is 22.8. The SMILES string of the molecule is O=C(Oc1ccc(S(=O)(=O)CCN2CC[C@H](Cc3ccccc3)[C@H](O)C2)cc1)c1ccc(CCl)cc1. The van der Waals surface area contributed by atoms with Gasteiger partial charge in [0.05, 0.1) is 22.3 Å². The number of carbonyl (C=O) groups excluding carboxylic acids is 1. The number of nitrogens with zero attached hydrogens (tertiary/aromatic N) is 1. The Morgan fingerprint density at radius 2 is 1.67 bits per heavy atom. The summed E-state index contributed by atoms with van der Waals surface area (Å²) in [6.45, 7) is 1.57. The third-order valence-electron chi connectivity index (χ3n) is 6.56. The number of benzene rings is 3. The molecule has 2 atom stereocenters. The zero-order chi connectivity index (χ0) is 25.5. The normalized spacial score (nSPS) is 18.6. The molecule has 1 heterocycles. The molecule has 190 valence electrons. The molecule has 1 aliphatic rings. The van der Waals surface area contributed by atoms with Crippen LogP contribution in [0.15, 0.2) is 83.8 Å². The molecule has 0 amide bonds. The second kappa shape index (κ2) is 12.0. The van der Waals surface area contributed by atoms with Crippen LogP contribution in [0.25, 0.3) is 0 Å². The molecular weight excluding hydrogens is 498 g/mol. The van der Waals surface area contributed by atoms with E-state index in [-0.39, 0.29) is 22.3 Å². The maximum Gasteiger partial charge on any atom is 0.343 e. The zero-order valence-electron chi connectivity index (χ0n) is 19.9. The van der Waals surface area contributed by atoms with Gasteiger partial charge >= 0.3 is 5.97 Å². The second-order valence-electron chi connectivity index (χ2n) is 9.12. The maximum atomic E-state index is 12.9. The van der Waals surface area contributed by atoms with E-state index in [1.807, 2.05) is 23.1 Å².